The third-order valence-corrected chi connectivity index (χ3v) is 6.57. The predicted molar refractivity (Wildman–Crippen MR) is 134 cm³/mol. The van der Waals surface area contributed by atoms with E-state index in [0.717, 1.165) is 31.6 Å². The van der Waals surface area contributed by atoms with Gasteiger partial charge in [0.25, 0.3) is 5.56 Å². The minimum atomic E-state index is -4.53. The van der Waals surface area contributed by atoms with E-state index < -0.39 is 17.8 Å². The van der Waals surface area contributed by atoms with Crippen molar-refractivity contribution in [3.8, 4) is 6.07 Å². The van der Waals surface area contributed by atoms with Crippen LogP contribution in [-0.2, 0) is 13.2 Å². The number of benzene rings is 1. The molecule has 1 saturated heterocycles. The van der Waals surface area contributed by atoms with Gasteiger partial charge in [-0.2, -0.15) is 18.4 Å². The maximum absolute atomic E-state index is 13.3. The van der Waals surface area contributed by atoms with Crippen LogP contribution in [0.5, 0.6) is 0 Å². The van der Waals surface area contributed by atoms with Crippen molar-refractivity contribution in [1.29, 1.82) is 5.26 Å². The number of aryl methyl sites for hydroxylation is 1. The highest BCUT2D eigenvalue weighted by atomic mass is 19.4. The molecule has 8 nitrogen and oxygen atoms in total. The van der Waals surface area contributed by atoms with Crippen molar-refractivity contribution in [1.82, 2.24) is 14.5 Å². The average molecular weight is 500 g/mol. The van der Waals surface area contributed by atoms with Crippen LogP contribution in [0.25, 0.3) is 10.9 Å². The van der Waals surface area contributed by atoms with E-state index in [-0.39, 0.29) is 16.8 Å². The lowest BCUT2D eigenvalue weighted by Crippen LogP contribution is -2.34. The first-order valence-corrected chi connectivity index (χ1v) is 11.6. The number of nitrogens with zero attached hydrogens (tertiary/aromatic N) is 5. The molecule has 3 N–H and O–H groups in total. The van der Waals surface area contributed by atoms with Gasteiger partial charge in [0.1, 0.15) is 17.6 Å². The van der Waals surface area contributed by atoms with Crippen molar-refractivity contribution in [2.24, 2.45) is 7.05 Å². The van der Waals surface area contributed by atoms with E-state index in [4.69, 9.17) is 5.73 Å². The van der Waals surface area contributed by atoms with Crippen LogP contribution >= 0.6 is 0 Å². The second-order valence-corrected chi connectivity index (χ2v) is 9.18. The summed E-state index contributed by atoms with van der Waals surface area (Å²) in [4.78, 5) is 21.9. The van der Waals surface area contributed by atoms with Crippen LogP contribution in [0.2, 0.25) is 0 Å². The minimum absolute atomic E-state index is 0.00179. The number of nitrogen functional groups attached to an aromatic ring is 1. The molecule has 36 heavy (non-hydrogen) atoms. The summed E-state index contributed by atoms with van der Waals surface area (Å²) in [6.45, 7) is 4.81. The highest BCUT2D eigenvalue weighted by molar-refractivity contribution is 5.95. The van der Waals surface area contributed by atoms with Crippen LogP contribution in [0, 0.1) is 11.3 Å². The maximum atomic E-state index is 13.3. The van der Waals surface area contributed by atoms with Crippen LogP contribution in [0.3, 0.4) is 0 Å². The lowest BCUT2D eigenvalue weighted by molar-refractivity contribution is -0.137. The number of aromatic nitrogens is 2. The average Bonchev–Trinajstić information content (AvgIpc) is 3.04. The second kappa shape index (κ2) is 9.70. The Hall–Kier alpha value is -3.78. The first-order chi connectivity index (χ1) is 17.0. The summed E-state index contributed by atoms with van der Waals surface area (Å²) in [6, 6.07) is 6.65. The summed E-state index contributed by atoms with van der Waals surface area (Å²) in [5, 5.41) is 13.4. The number of fused-ring (bicyclic) bond motifs is 1. The molecule has 1 aromatic carbocycles. The van der Waals surface area contributed by atoms with Crippen LogP contribution in [0.1, 0.15) is 36.1 Å². The summed E-state index contributed by atoms with van der Waals surface area (Å²) in [7, 11) is 3.65. The van der Waals surface area contributed by atoms with Gasteiger partial charge < -0.3 is 25.4 Å². The van der Waals surface area contributed by atoms with Gasteiger partial charge in [0.15, 0.2) is 0 Å². The first kappa shape index (κ1) is 25.3. The predicted octanol–water partition coefficient (Wildman–Crippen LogP) is 3.72. The number of nitrogens with one attached hydrogen (secondary N) is 1. The minimum Gasteiger partial charge on any atom is -0.399 e. The molecule has 4 rings (SSSR count). The van der Waals surface area contributed by atoms with E-state index in [2.05, 4.69) is 21.3 Å². The quantitative estimate of drug-likeness (QED) is 0.528. The standard InChI is InChI=1S/C25H28F3N7O/c1-15(16-9-18(25(26,27)28)11-19(30)10-16)32-23-20-12-21(35-6-4-5-33(2)7-8-35)24(36)34(3)22(20)17(13-29)14-31-23/h9-12,14-15H,4-8,30H2,1-3H3,(H,31,32)/t15-/m1/s1. The molecule has 1 fully saturated rings. The smallest absolute Gasteiger partial charge is 0.399 e. The summed E-state index contributed by atoms with van der Waals surface area (Å²) in [6.07, 6.45) is -2.27. The topological polar surface area (TPSA) is 103 Å². The molecular weight excluding hydrogens is 471 g/mol. The molecule has 190 valence electrons. The Balaban J connectivity index is 1.81. The number of hydrogen-bond donors (Lipinski definition) is 2. The number of rotatable bonds is 4. The molecule has 1 aliphatic heterocycles. The molecule has 0 spiro atoms. The number of halogens is 3. The molecule has 2 aromatic heterocycles. The van der Waals surface area contributed by atoms with Crippen LogP contribution in [-0.4, -0.2) is 47.7 Å². The lowest BCUT2D eigenvalue weighted by atomic mass is 10.0. The van der Waals surface area contributed by atoms with Gasteiger partial charge in [-0.3, -0.25) is 4.79 Å². The SMILES string of the molecule is C[C@@H](Nc1ncc(C#N)c2c1cc(N1CCCN(C)CC1)c(=O)n2C)c1cc(N)cc(C(F)(F)F)c1. The van der Waals surface area contributed by atoms with E-state index >= 15 is 0 Å². The summed E-state index contributed by atoms with van der Waals surface area (Å²) in [5.41, 5.74) is 6.17. The zero-order chi connectivity index (χ0) is 26.2. The number of hydrogen-bond acceptors (Lipinski definition) is 7. The largest absolute Gasteiger partial charge is 0.416 e. The number of alkyl halides is 3. The van der Waals surface area contributed by atoms with Crippen LogP contribution < -0.4 is 21.5 Å². The van der Waals surface area contributed by atoms with Gasteiger partial charge in [0, 0.05) is 44.0 Å². The first-order valence-electron chi connectivity index (χ1n) is 11.6. The molecule has 11 heteroatoms. The molecule has 0 unspecified atom stereocenters. The molecule has 0 saturated carbocycles. The van der Waals surface area contributed by atoms with Crippen molar-refractivity contribution in [2.45, 2.75) is 25.6 Å². The van der Waals surface area contributed by atoms with Crippen molar-refractivity contribution in [2.75, 3.05) is 49.2 Å². The van der Waals surface area contributed by atoms with Crippen molar-refractivity contribution >= 4 is 28.1 Å². The number of anilines is 3. The lowest BCUT2D eigenvalue weighted by Gasteiger charge is -2.24. The zero-order valence-corrected chi connectivity index (χ0v) is 20.4. The fourth-order valence-corrected chi connectivity index (χ4v) is 4.58. The van der Waals surface area contributed by atoms with Crippen molar-refractivity contribution in [3.63, 3.8) is 0 Å². The van der Waals surface area contributed by atoms with Crippen LogP contribution in [0.15, 0.2) is 35.3 Å². The Bertz CT molecular complexity index is 1390. The van der Waals surface area contributed by atoms with E-state index in [1.165, 1.54) is 16.8 Å². The van der Waals surface area contributed by atoms with Gasteiger partial charge in [-0.1, -0.05) is 0 Å². The normalized spacial score (nSPS) is 16.0. The Morgan fingerprint density at radius 2 is 1.89 bits per heavy atom. The van der Waals surface area contributed by atoms with Gasteiger partial charge in [-0.05, 0) is 56.8 Å². The fraction of sp³-hybridized carbons (Fsp3) is 0.400. The number of pyridine rings is 2. The van der Waals surface area contributed by atoms with Gasteiger partial charge in [0.2, 0.25) is 0 Å². The van der Waals surface area contributed by atoms with Gasteiger partial charge in [0.05, 0.1) is 22.7 Å². The molecule has 0 aliphatic carbocycles. The molecule has 1 atom stereocenters. The van der Waals surface area contributed by atoms with Crippen molar-refractivity contribution < 1.29 is 13.2 Å². The molecule has 0 bridgehead atoms. The third kappa shape index (κ3) is 4.95. The molecule has 0 radical (unpaired) electrons. The maximum Gasteiger partial charge on any atom is 0.416 e. The Morgan fingerprint density at radius 3 is 2.58 bits per heavy atom. The Morgan fingerprint density at radius 1 is 1.14 bits per heavy atom. The molecule has 0 amide bonds. The number of likely N-dealkylation sites (N-methyl/N-ethyl adjacent to an activating group) is 1. The zero-order valence-electron chi connectivity index (χ0n) is 20.4. The Labute approximate surface area is 206 Å². The van der Waals surface area contributed by atoms with Crippen molar-refractivity contribution in [3.05, 3.63) is 57.5 Å². The van der Waals surface area contributed by atoms with E-state index in [0.29, 0.717) is 41.1 Å². The molecule has 3 heterocycles. The highest BCUT2D eigenvalue weighted by Gasteiger charge is 2.31. The number of nitriles is 1. The Kier molecular flexibility index (Phi) is 6.82. The molecule has 3 aromatic rings. The summed E-state index contributed by atoms with van der Waals surface area (Å²) >= 11 is 0. The monoisotopic (exact) mass is 499 g/mol. The summed E-state index contributed by atoms with van der Waals surface area (Å²) < 4.78 is 41.4. The van der Waals surface area contributed by atoms with Gasteiger partial charge >= 0.3 is 6.18 Å². The van der Waals surface area contributed by atoms with Crippen LogP contribution in [0.4, 0.5) is 30.4 Å². The van der Waals surface area contributed by atoms with E-state index in [1.807, 2.05) is 11.9 Å². The van der Waals surface area contributed by atoms with Gasteiger partial charge in [-0.15, -0.1) is 0 Å². The van der Waals surface area contributed by atoms with Gasteiger partial charge in [-0.25, -0.2) is 4.98 Å². The van der Waals surface area contributed by atoms with E-state index in [1.54, 1.807) is 20.0 Å². The number of nitrogens with two attached hydrogens (primary N) is 1. The summed E-state index contributed by atoms with van der Waals surface area (Å²) in [5.74, 6) is 0.358. The fourth-order valence-electron chi connectivity index (χ4n) is 4.58. The second-order valence-electron chi connectivity index (χ2n) is 9.18. The third-order valence-electron chi connectivity index (χ3n) is 6.57. The highest BCUT2D eigenvalue weighted by Crippen LogP contribution is 2.34. The molecule has 1 aliphatic rings. The molecular formula is C25H28F3N7O. The van der Waals surface area contributed by atoms with E-state index in [9.17, 15) is 23.2 Å².